The zero-order valence-corrected chi connectivity index (χ0v) is 10.7. The van der Waals surface area contributed by atoms with Gasteiger partial charge in [0, 0.05) is 17.2 Å². The molecule has 1 rings (SSSR count). The van der Waals surface area contributed by atoms with Gasteiger partial charge in [-0.15, -0.1) is 11.8 Å². The number of nitrogens with one attached hydrogen (secondary N) is 1. The topological polar surface area (TPSA) is 12.0 Å². The van der Waals surface area contributed by atoms with Crippen LogP contribution in [-0.4, -0.2) is 18.8 Å². The number of thioether (sulfide) groups is 1. The Morgan fingerprint density at radius 1 is 1.20 bits per heavy atom. The fourth-order valence-electron chi connectivity index (χ4n) is 1.37. The van der Waals surface area contributed by atoms with Gasteiger partial charge in [0.15, 0.2) is 0 Å². The summed E-state index contributed by atoms with van der Waals surface area (Å²) in [6.07, 6.45) is 0. The van der Waals surface area contributed by atoms with Crippen LogP contribution in [0.2, 0.25) is 0 Å². The second kappa shape index (κ2) is 6.91. The van der Waals surface area contributed by atoms with Crippen molar-refractivity contribution in [3.8, 4) is 0 Å². The number of rotatable bonds is 6. The van der Waals surface area contributed by atoms with Gasteiger partial charge in [-0.1, -0.05) is 32.9 Å². The lowest BCUT2D eigenvalue weighted by Crippen LogP contribution is -2.15. The minimum atomic E-state index is 0.630. The van der Waals surface area contributed by atoms with Crippen LogP contribution in [0, 0.1) is 0 Å². The summed E-state index contributed by atoms with van der Waals surface area (Å²) in [5.74, 6) is 1.78. The van der Waals surface area contributed by atoms with Crippen LogP contribution < -0.4 is 5.32 Å². The standard InChI is InChI=1S/C13H21NS/c1-4-14-9-10-15-13-7-5-12(6-8-13)11(2)3/h5-8,11,14H,4,9-10H2,1-3H3. The van der Waals surface area contributed by atoms with Crippen molar-refractivity contribution in [3.05, 3.63) is 29.8 Å². The Kier molecular flexibility index (Phi) is 5.81. The van der Waals surface area contributed by atoms with E-state index < -0.39 is 0 Å². The highest BCUT2D eigenvalue weighted by Crippen LogP contribution is 2.21. The van der Waals surface area contributed by atoms with E-state index in [1.54, 1.807) is 0 Å². The van der Waals surface area contributed by atoms with Gasteiger partial charge in [0.1, 0.15) is 0 Å². The van der Waals surface area contributed by atoms with Crippen molar-refractivity contribution in [3.63, 3.8) is 0 Å². The van der Waals surface area contributed by atoms with Gasteiger partial charge in [0.05, 0.1) is 0 Å². The van der Waals surface area contributed by atoms with Gasteiger partial charge in [-0.3, -0.25) is 0 Å². The third kappa shape index (κ3) is 4.72. The van der Waals surface area contributed by atoms with Crippen LogP contribution in [0.4, 0.5) is 0 Å². The quantitative estimate of drug-likeness (QED) is 0.585. The highest BCUT2D eigenvalue weighted by molar-refractivity contribution is 7.99. The summed E-state index contributed by atoms with van der Waals surface area (Å²) in [5.41, 5.74) is 1.42. The zero-order chi connectivity index (χ0) is 11.1. The Bertz CT molecular complexity index is 266. The second-order valence-electron chi connectivity index (χ2n) is 3.93. The average Bonchev–Trinajstić information content (AvgIpc) is 2.25. The van der Waals surface area contributed by atoms with E-state index in [1.807, 2.05) is 11.8 Å². The molecular weight excluding hydrogens is 202 g/mol. The summed E-state index contributed by atoms with van der Waals surface area (Å²) in [5, 5.41) is 3.33. The Morgan fingerprint density at radius 2 is 1.87 bits per heavy atom. The van der Waals surface area contributed by atoms with Crippen molar-refractivity contribution in [1.82, 2.24) is 5.32 Å². The van der Waals surface area contributed by atoms with Crippen LogP contribution in [0.1, 0.15) is 32.3 Å². The van der Waals surface area contributed by atoms with E-state index in [-0.39, 0.29) is 0 Å². The van der Waals surface area contributed by atoms with Gasteiger partial charge in [0.2, 0.25) is 0 Å². The molecule has 1 N–H and O–H groups in total. The summed E-state index contributed by atoms with van der Waals surface area (Å²) in [6.45, 7) is 8.75. The zero-order valence-electron chi connectivity index (χ0n) is 9.92. The lowest BCUT2D eigenvalue weighted by molar-refractivity contribution is 0.768. The first-order chi connectivity index (χ1) is 7.24. The van der Waals surface area contributed by atoms with E-state index in [4.69, 9.17) is 0 Å². The number of hydrogen-bond acceptors (Lipinski definition) is 2. The normalized spacial score (nSPS) is 10.9. The molecule has 15 heavy (non-hydrogen) atoms. The summed E-state index contributed by atoms with van der Waals surface area (Å²) >= 11 is 1.92. The maximum Gasteiger partial charge on any atom is 0.0106 e. The SMILES string of the molecule is CCNCCSc1ccc(C(C)C)cc1. The third-order valence-electron chi connectivity index (χ3n) is 2.34. The summed E-state index contributed by atoms with van der Waals surface area (Å²) in [6, 6.07) is 8.93. The van der Waals surface area contributed by atoms with Crippen molar-refractivity contribution in [1.29, 1.82) is 0 Å². The molecule has 0 saturated carbocycles. The van der Waals surface area contributed by atoms with Crippen LogP contribution in [0.25, 0.3) is 0 Å². The first kappa shape index (κ1) is 12.6. The van der Waals surface area contributed by atoms with Crippen LogP contribution in [-0.2, 0) is 0 Å². The monoisotopic (exact) mass is 223 g/mol. The lowest BCUT2D eigenvalue weighted by Gasteiger charge is -2.06. The van der Waals surface area contributed by atoms with Gasteiger partial charge in [-0.2, -0.15) is 0 Å². The molecule has 0 aliphatic rings. The van der Waals surface area contributed by atoms with Crippen LogP contribution >= 0.6 is 11.8 Å². The number of benzene rings is 1. The Hall–Kier alpha value is -0.470. The number of hydrogen-bond donors (Lipinski definition) is 1. The van der Waals surface area contributed by atoms with Gasteiger partial charge >= 0.3 is 0 Å². The fourth-order valence-corrected chi connectivity index (χ4v) is 2.18. The summed E-state index contributed by atoms with van der Waals surface area (Å²) < 4.78 is 0. The molecule has 1 nitrogen and oxygen atoms in total. The van der Waals surface area contributed by atoms with E-state index in [9.17, 15) is 0 Å². The summed E-state index contributed by atoms with van der Waals surface area (Å²) in [4.78, 5) is 1.37. The predicted octanol–water partition coefficient (Wildman–Crippen LogP) is 3.51. The van der Waals surface area contributed by atoms with Gasteiger partial charge in [-0.25, -0.2) is 0 Å². The minimum Gasteiger partial charge on any atom is -0.316 e. The van der Waals surface area contributed by atoms with E-state index >= 15 is 0 Å². The molecular formula is C13H21NS. The molecule has 0 amide bonds. The maximum atomic E-state index is 3.33. The largest absolute Gasteiger partial charge is 0.316 e. The molecule has 0 unspecified atom stereocenters. The Morgan fingerprint density at radius 3 is 2.40 bits per heavy atom. The first-order valence-corrected chi connectivity index (χ1v) is 6.66. The molecule has 0 aliphatic carbocycles. The maximum absolute atomic E-state index is 3.33. The highest BCUT2D eigenvalue weighted by Gasteiger charge is 1.98. The van der Waals surface area contributed by atoms with E-state index in [0.29, 0.717) is 5.92 Å². The summed E-state index contributed by atoms with van der Waals surface area (Å²) in [7, 11) is 0. The fraction of sp³-hybridized carbons (Fsp3) is 0.538. The first-order valence-electron chi connectivity index (χ1n) is 5.67. The smallest absolute Gasteiger partial charge is 0.0106 e. The van der Waals surface area contributed by atoms with Crippen molar-refractivity contribution in [2.75, 3.05) is 18.8 Å². The highest BCUT2D eigenvalue weighted by atomic mass is 32.2. The molecule has 1 aromatic rings. The van der Waals surface area contributed by atoms with E-state index in [0.717, 1.165) is 18.8 Å². The van der Waals surface area contributed by atoms with Crippen molar-refractivity contribution >= 4 is 11.8 Å². The Labute approximate surface area is 97.7 Å². The Balaban J connectivity index is 2.36. The van der Waals surface area contributed by atoms with Gasteiger partial charge < -0.3 is 5.32 Å². The van der Waals surface area contributed by atoms with Crippen LogP contribution in [0.5, 0.6) is 0 Å². The van der Waals surface area contributed by atoms with Crippen molar-refractivity contribution in [2.24, 2.45) is 0 Å². The molecule has 0 atom stereocenters. The van der Waals surface area contributed by atoms with Crippen LogP contribution in [0.3, 0.4) is 0 Å². The minimum absolute atomic E-state index is 0.630. The molecule has 84 valence electrons. The van der Waals surface area contributed by atoms with Crippen molar-refractivity contribution in [2.45, 2.75) is 31.6 Å². The van der Waals surface area contributed by atoms with Crippen molar-refractivity contribution < 1.29 is 0 Å². The molecule has 0 heterocycles. The molecule has 2 heteroatoms. The van der Waals surface area contributed by atoms with Crippen LogP contribution in [0.15, 0.2) is 29.2 Å². The predicted molar refractivity (Wildman–Crippen MR) is 69.8 cm³/mol. The van der Waals surface area contributed by atoms with E-state index in [1.165, 1.54) is 10.5 Å². The molecule has 0 saturated heterocycles. The molecule has 0 radical (unpaired) electrons. The molecule has 0 aliphatic heterocycles. The van der Waals surface area contributed by atoms with Gasteiger partial charge in [-0.05, 0) is 30.2 Å². The molecule has 0 aromatic heterocycles. The average molecular weight is 223 g/mol. The second-order valence-corrected chi connectivity index (χ2v) is 5.09. The lowest BCUT2D eigenvalue weighted by atomic mass is 10.0. The molecule has 0 spiro atoms. The van der Waals surface area contributed by atoms with Gasteiger partial charge in [0.25, 0.3) is 0 Å². The third-order valence-corrected chi connectivity index (χ3v) is 3.36. The van der Waals surface area contributed by atoms with E-state index in [2.05, 4.69) is 50.4 Å². The molecule has 0 bridgehead atoms. The molecule has 1 aromatic carbocycles. The molecule has 0 fully saturated rings.